The number of ether oxygens (including phenoxy) is 2. The molecule has 1 aliphatic heterocycles. The van der Waals surface area contributed by atoms with Crippen LogP contribution in [0, 0.1) is 11.7 Å². The van der Waals surface area contributed by atoms with Crippen molar-refractivity contribution in [2.75, 3.05) is 19.5 Å². The van der Waals surface area contributed by atoms with Crippen LogP contribution < -0.4 is 11.1 Å². The van der Waals surface area contributed by atoms with Crippen molar-refractivity contribution < 1.29 is 28.2 Å². The third kappa shape index (κ3) is 4.83. The lowest BCUT2D eigenvalue weighted by molar-refractivity contribution is -0.145. The summed E-state index contributed by atoms with van der Waals surface area (Å²) in [6.07, 6.45) is 1.31. The molecule has 3 atom stereocenters. The van der Waals surface area contributed by atoms with Crippen LogP contribution in [0.3, 0.4) is 0 Å². The Hall–Kier alpha value is -3.18. The zero-order valence-corrected chi connectivity index (χ0v) is 21.2. The van der Waals surface area contributed by atoms with Gasteiger partial charge in [0.2, 0.25) is 0 Å². The highest BCUT2D eigenvalue weighted by molar-refractivity contribution is 8.15. The number of hydrogen-bond donors (Lipinski definition) is 2. The number of nitrogens with one attached hydrogen (secondary N) is 1. The van der Waals surface area contributed by atoms with E-state index < -0.39 is 45.4 Å². The average Bonchev–Trinajstić information content (AvgIpc) is 2.82. The molecule has 3 rings (SSSR count). The first kappa shape index (κ1) is 26.4. The second-order valence-corrected chi connectivity index (χ2v) is 10.1. The summed E-state index contributed by atoms with van der Waals surface area (Å²) in [5.41, 5.74) is 4.30. The molecular weight excluding hydrogens is 499 g/mol. The molecule has 1 aromatic heterocycles. The number of carbonyl (C=O) groups excluding carboxylic acids is 3. The van der Waals surface area contributed by atoms with E-state index in [-0.39, 0.29) is 22.1 Å². The lowest BCUT2D eigenvalue weighted by Gasteiger charge is -2.45. The summed E-state index contributed by atoms with van der Waals surface area (Å²) in [7, 11) is 2.35. The molecule has 9 nitrogen and oxygen atoms in total. The van der Waals surface area contributed by atoms with Gasteiger partial charge < -0.3 is 20.5 Å². The Bertz CT molecular complexity index is 1230. The second-order valence-electron chi connectivity index (χ2n) is 8.21. The van der Waals surface area contributed by atoms with Crippen LogP contribution >= 0.6 is 23.4 Å². The van der Waals surface area contributed by atoms with Crippen LogP contribution in [0.4, 0.5) is 10.1 Å². The maximum absolute atomic E-state index is 15.8. The van der Waals surface area contributed by atoms with Crippen molar-refractivity contribution in [3.63, 3.8) is 0 Å². The minimum Gasteiger partial charge on any atom is -0.468 e. The third-order valence-corrected chi connectivity index (χ3v) is 7.63. The Labute approximate surface area is 210 Å². The largest absolute Gasteiger partial charge is 0.468 e. The van der Waals surface area contributed by atoms with Crippen molar-refractivity contribution in [3.05, 3.63) is 58.1 Å². The summed E-state index contributed by atoms with van der Waals surface area (Å²) < 4.78 is 24.3. The monoisotopic (exact) mass is 522 g/mol. The molecule has 0 saturated carbocycles. The number of carbonyl (C=O) groups is 3. The lowest BCUT2D eigenvalue weighted by atomic mass is 9.73. The van der Waals surface area contributed by atoms with Gasteiger partial charge in [-0.25, -0.2) is 14.2 Å². The Kier molecular flexibility index (Phi) is 7.42. The van der Waals surface area contributed by atoms with E-state index in [4.69, 9.17) is 26.8 Å². The Balaban J connectivity index is 2.17. The first-order valence-electron chi connectivity index (χ1n) is 10.3. The van der Waals surface area contributed by atoms with Gasteiger partial charge in [-0.15, -0.1) is 0 Å². The number of thioether (sulfide) groups is 1. The molecule has 2 heterocycles. The van der Waals surface area contributed by atoms with E-state index in [9.17, 15) is 14.4 Å². The van der Waals surface area contributed by atoms with Gasteiger partial charge in [-0.1, -0.05) is 30.3 Å². The van der Waals surface area contributed by atoms with Crippen molar-refractivity contribution in [2.24, 2.45) is 16.6 Å². The molecule has 0 unspecified atom stereocenters. The number of benzene rings is 1. The van der Waals surface area contributed by atoms with Gasteiger partial charge in [-0.2, -0.15) is 0 Å². The maximum Gasteiger partial charge on any atom is 0.340 e. The Morgan fingerprint density at radius 2 is 1.89 bits per heavy atom. The van der Waals surface area contributed by atoms with Crippen LogP contribution in [0.25, 0.3) is 0 Å². The first-order chi connectivity index (χ1) is 16.4. The number of methoxy groups -OCH3 is 2. The number of aliphatic imine (C=N–C) groups is 1. The minimum absolute atomic E-state index is 0.0392. The number of nitrogens with zero attached hydrogens (tertiary/aromatic N) is 2. The van der Waals surface area contributed by atoms with Gasteiger partial charge >= 0.3 is 11.9 Å². The van der Waals surface area contributed by atoms with E-state index in [2.05, 4.69) is 15.3 Å². The van der Waals surface area contributed by atoms with Gasteiger partial charge in [-0.05, 0) is 38.1 Å². The highest BCUT2D eigenvalue weighted by Gasteiger charge is 2.55. The fraction of sp³-hybridized carbons (Fsp3) is 0.348. The summed E-state index contributed by atoms with van der Waals surface area (Å²) >= 11 is 6.84. The molecule has 12 heteroatoms. The third-order valence-electron chi connectivity index (χ3n) is 6.16. The molecule has 1 aromatic carbocycles. The predicted molar refractivity (Wildman–Crippen MR) is 131 cm³/mol. The smallest absolute Gasteiger partial charge is 0.340 e. The molecular formula is C23H24ClFN4O5S. The number of hydrogen-bond acceptors (Lipinski definition) is 9. The lowest BCUT2D eigenvalue weighted by Crippen LogP contribution is -2.53. The number of amides is 1. The zero-order chi connectivity index (χ0) is 26.1. The van der Waals surface area contributed by atoms with Crippen LogP contribution in [0.2, 0.25) is 5.02 Å². The normalized spacial score (nSPS) is 23.7. The summed E-state index contributed by atoms with van der Waals surface area (Å²) in [6.45, 7) is 4.93. The van der Waals surface area contributed by atoms with E-state index in [0.717, 1.165) is 24.9 Å². The van der Waals surface area contributed by atoms with Gasteiger partial charge in [0.05, 0.1) is 30.3 Å². The van der Waals surface area contributed by atoms with E-state index >= 15 is 4.39 Å². The molecule has 0 bridgehead atoms. The highest BCUT2D eigenvalue weighted by atomic mass is 35.5. The molecule has 1 amide bonds. The molecule has 2 aromatic rings. The van der Waals surface area contributed by atoms with Crippen molar-refractivity contribution in [1.82, 2.24) is 4.98 Å². The maximum atomic E-state index is 15.8. The van der Waals surface area contributed by atoms with Crippen LogP contribution in [-0.2, 0) is 19.8 Å². The second kappa shape index (κ2) is 9.82. The van der Waals surface area contributed by atoms with Crippen molar-refractivity contribution >= 4 is 52.1 Å². The highest BCUT2D eigenvalue weighted by Crippen LogP contribution is 2.51. The van der Waals surface area contributed by atoms with E-state index in [0.29, 0.717) is 5.02 Å². The number of aromatic nitrogens is 1. The van der Waals surface area contributed by atoms with Gasteiger partial charge in [0, 0.05) is 23.4 Å². The molecule has 0 spiro atoms. The van der Waals surface area contributed by atoms with Gasteiger partial charge in [-0.3, -0.25) is 14.6 Å². The van der Waals surface area contributed by atoms with Gasteiger partial charge in [0.25, 0.3) is 5.91 Å². The van der Waals surface area contributed by atoms with Crippen molar-refractivity contribution in [2.45, 2.75) is 31.1 Å². The standard InChI is InChI=1S/C23H24ClFN4O5S/c1-11-22(2,29-21(26)35-23(11,3)20(32)34-5)15-9-13(8-14(17(15)25)19(31)33-4)28-18(30)16-7-6-12(24)10-27-16/h6-11H,1-5H3,(H2,26,29)(H,28,30)/t11-,22-,23-/m0/s1. The SMILES string of the molecule is COC(=O)c1cc(NC(=O)c2ccc(Cl)cn2)cc([C@@]2(C)N=C(N)S[C@](C)(C(=O)OC)[C@H]2C)c1F. The molecule has 35 heavy (non-hydrogen) atoms. The van der Waals surface area contributed by atoms with Crippen LogP contribution in [0.15, 0.2) is 35.5 Å². The average molecular weight is 523 g/mol. The molecule has 1 aliphatic rings. The molecule has 3 N–H and O–H groups in total. The summed E-state index contributed by atoms with van der Waals surface area (Å²) in [5, 5.41) is 2.99. The number of rotatable bonds is 5. The quantitative estimate of drug-likeness (QED) is 0.567. The summed E-state index contributed by atoms with van der Waals surface area (Å²) in [6, 6.07) is 5.40. The number of nitrogens with two attached hydrogens (primary N) is 1. The molecule has 0 aliphatic carbocycles. The topological polar surface area (TPSA) is 133 Å². The molecule has 0 radical (unpaired) electrons. The number of esters is 2. The van der Waals surface area contributed by atoms with Crippen LogP contribution in [0.1, 0.15) is 47.2 Å². The fourth-order valence-electron chi connectivity index (χ4n) is 3.93. The van der Waals surface area contributed by atoms with Crippen molar-refractivity contribution in [1.29, 1.82) is 0 Å². The number of anilines is 1. The number of amidine groups is 1. The fourth-order valence-corrected chi connectivity index (χ4v) is 5.29. The molecule has 0 saturated heterocycles. The van der Waals surface area contributed by atoms with E-state index in [1.54, 1.807) is 20.8 Å². The molecule has 0 fully saturated rings. The van der Waals surface area contributed by atoms with Crippen molar-refractivity contribution in [3.8, 4) is 0 Å². The van der Waals surface area contributed by atoms with Gasteiger partial charge in [0.15, 0.2) is 5.17 Å². The van der Waals surface area contributed by atoms with E-state index in [1.165, 1.54) is 31.5 Å². The van der Waals surface area contributed by atoms with Crippen LogP contribution in [0.5, 0.6) is 0 Å². The zero-order valence-electron chi connectivity index (χ0n) is 19.6. The van der Waals surface area contributed by atoms with E-state index in [1.807, 2.05) is 0 Å². The van der Waals surface area contributed by atoms with Crippen LogP contribution in [-0.4, -0.2) is 47.0 Å². The van der Waals surface area contributed by atoms with Gasteiger partial charge in [0.1, 0.15) is 16.3 Å². The Morgan fingerprint density at radius 1 is 1.20 bits per heavy atom. The Morgan fingerprint density at radius 3 is 2.46 bits per heavy atom. The minimum atomic E-state index is -1.41. The molecule has 186 valence electrons. The first-order valence-corrected chi connectivity index (χ1v) is 11.5. The summed E-state index contributed by atoms with van der Waals surface area (Å²) in [4.78, 5) is 46.2. The number of halogens is 2. The summed E-state index contributed by atoms with van der Waals surface area (Å²) in [5.74, 6) is -3.70. The number of pyridine rings is 1. The predicted octanol–water partition coefficient (Wildman–Crippen LogP) is 3.76.